The lowest BCUT2D eigenvalue weighted by molar-refractivity contribution is 0.0941. The minimum Gasteiger partial charge on any atom is -0.350 e. The molecule has 1 heterocycles. The Hall–Kier alpha value is -2.40. The maximum Gasteiger partial charge on any atom is 0.252 e. The van der Waals surface area contributed by atoms with Crippen molar-refractivity contribution in [3.63, 3.8) is 0 Å². The number of rotatable bonds is 6. The van der Waals surface area contributed by atoms with E-state index in [9.17, 15) is 9.59 Å². The highest BCUT2D eigenvalue weighted by atomic mass is 16.1. The molecule has 0 saturated heterocycles. The third kappa shape index (κ3) is 4.53. The van der Waals surface area contributed by atoms with E-state index in [-0.39, 0.29) is 17.5 Å². The van der Waals surface area contributed by atoms with Crippen LogP contribution in [0.15, 0.2) is 47.4 Å². The Bertz CT molecular complexity index is 684. The number of likely N-dealkylation sites (N-methyl/N-ethyl adjacent to an activating group) is 1. The number of hydrogen-bond acceptors (Lipinski definition) is 3. The van der Waals surface area contributed by atoms with Crippen molar-refractivity contribution in [1.82, 2.24) is 15.2 Å². The zero-order valence-corrected chi connectivity index (χ0v) is 13.8. The number of aromatic amines is 1. The molecule has 0 radical (unpaired) electrons. The van der Waals surface area contributed by atoms with Gasteiger partial charge in [0.05, 0.1) is 11.6 Å². The second-order valence-corrected chi connectivity index (χ2v) is 5.73. The number of benzene rings is 1. The van der Waals surface area contributed by atoms with Gasteiger partial charge >= 0.3 is 0 Å². The molecule has 0 spiro atoms. The fraction of sp³-hybridized carbons (Fsp3) is 0.333. The number of hydrogen-bond donors (Lipinski definition) is 2. The van der Waals surface area contributed by atoms with Crippen LogP contribution in [0.3, 0.4) is 0 Å². The molecule has 0 aliphatic heterocycles. The summed E-state index contributed by atoms with van der Waals surface area (Å²) < 4.78 is 0. The van der Waals surface area contributed by atoms with E-state index in [1.165, 1.54) is 23.9 Å². The summed E-state index contributed by atoms with van der Waals surface area (Å²) in [4.78, 5) is 27.8. The van der Waals surface area contributed by atoms with Gasteiger partial charge in [0.25, 0.3) is 5.91 Å². The molecule has 0 unspecified atom stereocenters. The van der Waals surface area contributed by atoms with Crippen LogP contribution in [0.2, 0.25) is 0 Å². The van der Waals surface area contributed by atoms with Crippen molar-refractivity contribution < 1.29 is 4.79 Å². The van der Waals surface area contributed by atoms with Gasteiger partial charge in [-0.15, -0.1) is 0 Å². The minimum absolute atomic E-state index is 0.0904. The predicted molar refractivity (Wildman–Crippen MR) is 91.6 cm³/mol. The first-order chi connectivity index (χ1) is 11.0. The Kier molecular flexibility index (Phi) is 5.71. The van der Waals surface area contributed by atoms with Crippen LogP contribution in [0.1, 0.15) is 34.5 Å². The second-order valence-electron chi connectivity index (χ2n) is 5.73. The molecule has 1 aromatic heterocycles. The standard InChI is InChI=1S/C18H23N3O2/c1-4-13-5-7-14(8-6-13)16(21(2)3)12-20-18(23)15-9-10-17(22)19-11-15/h5-11,16H,4,12H2,1-3H3,(H,19,22)(H,20,23)/t16-/m1/s1. The number of H-pyrrole nitrogens is 1. The van der Waals surface area contributed by atoms with Crippen LogP contribution in [0.4, 0.5) is 0 Å². The smallest absolute Gasteiger partial charge is 0.252 e. The van der Waals surface area contributed by atoms with Gasteiger partial charge in [0.15, 0.2) is 0 Å². The van der Waals surface area contributed by atoms with E-state index in [0.717, 1.165) is 12.0 Å². The average molecular weight is 313 g/mol. The van der Waals surface area contributed by atoms with Gasteiger partial charge in [0.2, 0.25) is 5.56 Å². The Balaban J connectivity index is 2.05. The second kappa shape index (κ2) is 7.74. The largest absolute Gasteiger partial charge is 0.350 e. The zero-order chi connectivity index (χ0) is 16.8. The number of carbonyl (C=O) groups excluding carboxylic acids is 1. The summed E-state index contributed by atoms with van der Waals surface area (Å²) in [6, 6.07) is 11.4. The van der Waals surface area contributed by atoms with Crippen LogP contribution in [-0.2, 0) is 6.42 Å². The van der Waals surface area contributed by atoms with Crippen molar-refractivity contribution >= 4 is 5.91 Å². The summed E-state index contributed by atoms with van der Waals surface area (Å²) in [6.07, 6.45) is 2.44. The molecule has 2 N–H and O–H groups in total. The third-order valence-electron chi connectivity index (χ3n) is 3.90. The van der Waals surface area contributed by atoms with Crippen molar-refractivity contribution in [3.8, 4) is 0 Å². The monoisotopic (exact) mass is 313 g/mol. The molecule has 0 aliphatic rings. The van der Waals surface area contributed by atoms with Crippen LogP contribution in [0.5, 0.6) is 0 Å². The van der Waals surface area contributed by atoms with Gasteiger partial charge in [-0.2, -0.15) is 0 Å². The first-order valence-corrected chi connectivity index (χ1v) is 7.73. The van der Waals surface area contributed by atoms with Gasteiger partial charge in [0, 0.05) is 18.8 Å². The molecule has 0 fully saturated rings. The third-order valence-corrected chi connectivity index (χ3v) is 3.90. The Labute approximate surface area is 136 Å². The highest BCUT2D eigenvalue weighted by Gasteiger charge is 2.16. The topological polar surface area (TPSA) is 65.2 Å². The molecule has 5 heteroatoms. The molecule has 0 saturated carbocycles. The number of amides is 1. The van der Waals surface area contributed by atoms with Gasteiger partial charge in [-0.1, -0.05) is 31.2 Å². The van der Waals surface area contributed by atoms with Crippen molar-refractivity contribution in [2.75, 3.05) is 20.6 Å². The van der Waals surface area contributed by atoms with Gasteiger partial charge in [-0.3, -0.25) is 9.59 Å². The molecule has 5 nitrogen and oxygen atoms in total. The molecule has 0 aliphatic carbocycles. The van der Waals surface area contributed by atoms with E-state index in [2.05, 4.69) is 46.4 Å². The van der Waals surface area contributed by atoms with E-state index in [1.54, 1.807) is 0 Å². The van der Waals surface area contributed by atoms with Crippen molar-refractivity contribution in [2.24, 2.45) is 0 Å². The maximum absolute atomic E-state index is 12.2. The Morgan fingerprint density at radius 1 is 1.17 bits per heavy atom. The van der Waals surface area contributed by atoms with Gasteiger partial charge < -0.3 is 15.2 Å². The number of aryl methyl sites for hydroxylation is 1. The van der Waals surface area contributed by atoms with Crippen LogP contribution in [0, 0.1) is 0 Å². The number of nitrogens with one attached hydrogen (secondary N) is 2. The van der Waals surface area contributed by atoms with E-state index < -0.39 is 0 Å². The number of pyridine rings is 1. The summed E-state index contributed by atoms with van der Waals surface area (Å²) in [5, 5.41) is 2.92. The van der Waals surface area contributed by atoms with Crippen LogP contribution >= 0.6 is 0 Å². The molecule has 1 atom stereocenters. The molecule has 2 aromatic rings. The lowest BCUT2D eigenvalue weighted by Gasteiger charge is -2.25. The quantitative estimate of drug-likeness (QED) is 0.857. The molecule has 1 aromatic carbocycles. The van der Waals surface area contributed by atoms with E-state index >= 15 is 0 Å². The molecule has 23 heavy (non-hydrogen) atoms. The van der Waals surface area contributed by atoms with E-state index in [4.69, 9.17) is 0 Å². The molecular weight excluding hydrogens is 290 g/mol. The van der Waals surface area contributed by atoms with Gasteiger partial charge in [0.1, 0.15) is 0 Å². The zero-order valence-electron chi connectivity index (χ0n) is 13.8. The summed E-state index contributed by atoms with van der Waals surface area (Å²) in [5.41, 5.74) is 2.68. The first-order valence-electron chi connectivity index (χ1n) is 7.73. The normalized spacial score (nSPS) is 12.2. The number of aromatic nitrogens is 1. The molecule has 1 amide bonds. The summed E-state index contributed by atoms with van der Waals surface area (Å²) >= 11 is 0. The van der Waals surface area contributed by atoms with Crippen LogP contribution in [-0.4, -0.2) is 36.4 Å². The molecular formula is C18H23N3O2. The first kappa shape index (κ1) is 17.0. The number of nitrogens with zero attached hydrogens (tertiary/aromatic N) is 1. The average Bonchev–Trinajstić information content (AvgIpc) is 2.55. The summed E-state index contributed by atoms with van der Waals surface area (Å²) in [6.45, 7) is 2.62. The highest BCUT2D eigenvalue weighted by molar-refractivity contribution is 5.93. The van der Waals surface area contributed by atoms with Gasteiger partial charge in [-0.25, -0.2) is 0 Å². The van der Waals surface area contributed by atoms with E-state index in [0.29, 0.717) is 12.1 Å². The summed E-state index contributed by atoms with van der Waals surface area (Å²) in [5.74, 6) is -0.196. The number of carbonyl (C=O) groups is 1. The highest BCUT2D eigenvalue weighted by Crippen LogP contribution is 2.18. The van der Waals surface area contributed by atoms with Gasteiger partial charge in [-0.05, 0) is 37.7 Å². The fourth-order valence-electron chi connectivity index (χ4n) is 2.42. The van der Waals surface area contributed by atoms with Crippen LogP contribution in [0.25, 0.3) is 0 Å². The Morgan fingerprint density at radius 2 is 1.87 bits per heavy atom. The predicted octanol–water partition coefficient (Wildman–Crippen LogP) is 1.97. The Morgan fingerprint density at radius 3 is 2.39 bits per heavy atom. The van der Waals surface area contributed by atoms with E-state index in [1.807, 2.05) is 14.1 Å². The summed E-state index contributed by atoms with van der Waals surface area (Å²) in [7, 11) is 3.98. The van der Waals surface area contributed by atoms with Crippen molar-refractivity contribution in [2.45, 2.75) is 19.4 Å². The molecule has 2 rings (SSSR count). The fourth-order valence-corrected chi connectivity index (χ4v) is 2.42. The SMILES string of the molecule is CCc1ccc([C@@H](CNC(=O)c2ccc(=O)[nH]c2)N(C)C)cc1. The van der Waals surface area contributed by atoms with Crippen molar-refractivity contribution in [1.29, 1.82) is 0 Å². The van der Waals surface area contributed by atoms with Crippen LogP contribution < -0.4 is 10.9 Å². The lowest BCUT2D eigenvalue weighted by atomic mass is 10.0. The molecule has 122 valence electrons. The minimum atomic E-state index is -0.219. The lowest BCUT2D eigenvalue weighted by Crippen LogP contribution is -2.34. The van der Waals surface area contributed by atoms with Crippen molar-refractivity contribution in [3.05, 3.63) is 69.6 Å². The maximum atomic E-state index is 12.2. The molecule has 0 bridgehead atoms.